The number of rotatable bonds is 1. The summed E-state index contributed by atoms with van der Waals surface area (Å²) < 4.78 is 4.87. The highest BCUT2D eigenvalue weighted by molar-refractivity contribution is 5.91. The largest absolute Gasteiger partial charge is 0.505 e. The van der Waals surface area contributed by atoms with Gasteiger partial charge in [0.15, 0.2) is 11.4 Å². The molecule has 5 nitrogen and oxygen atoms in total. The zero-order chi connectivity index (χ0) is 9.43. The first-order valence-electron chi connectivity index (χ1n) is 4.07. The minimum absolute atomic E-state index is 0.00130. The number of fused-ring (bicyclic) bond motifs is 3. The standard InChI is InChI=1S/C8H8O5/c9-2-7-1-3(7)8(7)5(11)4(10)6(12)13-8/h3,9-11H,1-2H2. The molecule has 0 aromatic rings. The lowest BCUT2D eigenvalue weighted by atomic mass is 10.00. The van der Waals surface area contributed by atoms with Crippen LogP contribution >= 0.6 is 0 Å². The maximum Gasteiger partial charge on any atom is 0.378 e. The van der Waals surface area contributed by atoms with Gasteiger partial charge >= 0.3 is 5.97 Å². The average molecular weight is 184 g/mol. The number of carbonyl (C=O) groups excluding carboxylic acids is 1. The summed E-state index contributed by atoms with van der Waals surface area (Å²) in [6.45, 7) is -0.123. The summed E-state index contributed by atoms with van der Waals surface area (Å²) in [4.78, 5) is 10.9. The number of hydrogen-bond donors (Lipinski definition) is 3. The van der Waals surface area contributed by atoms with E-state index in [1.165, 1.54) is 0 Å². The van der Waals surface area contributed by atoms with Crippen LogP contribution in [0.5, 0.6) is 0 Å². The lowest BCUT2D eigenvalue weighted by Gasteiger charge is -2.19. The predicted molar refractivity (Wildman–Crippen MR) is 38.7 cm³/mol. The van der Waals surface area contributed by atoms with Crippen molar-refractivity contribution >= 4 is 5.97 Å². The van der Waals surface area contributed by atoms with Crippen molar-refractivity contribution in [1.29, 1.82) is 0 Å². The van der Waals surface area contributed by atoms with E-state index in [-0.39, 0.29) is 12.5 Å². The third kappa shape index (κ3) is 0.453. The molecule has 70 valence electrons. The van der Waals surface area contributed by atoms with Crippen molar-refractivity contribution in [3.63, 3.8) is 0 Å². The van der Waals surface area contributed by atoms with E-state index < -0.39 is 28.5 Å². The second-order valence-corrected chi connectivity index (χ2v) is 3.89. The van der Waals surface area contributed by atoms with Crippen molar-refractivity contribution in [2.45, 2.75) is 12.0 Å². The van der Waals surface area contributed by atoms with Gasteiger partial charge in [0.1, 0.15) is 0 Å². The van der Waals surface area contributed by atoms with Crippen molar-refractivity contribution in [2.75, 3.05) is 6.61 Å². The Morgan fingerprint density at radius 1 is 1.54 bits per heavy atom. The zero-order valence-electron chi connectivity index (χ0n) is 6.65. The molecule has 0 bridgehead atoms. The molecule has 0 saturated heterocycles. The van der Waals surface area contributed by atoms with Crippen LogP contribution in [-0.2, 0) is 9.53 Å². The van der Waals surface area contributed by atoms with E-state index in [1.807, 2.05) is 0 Å². The topological polar surface area (TPSA) is 87.0 Å². The van der Waals surface area contributed by atoms with Gasteiger partial charge in [0.25, 0.3) is 0 Å². The SMILES string of the molecule is O=C1OC2(C(O)=C1O)C1CC12CO. The van der Waals surface area contributed by atoms with Crippen LogP contribution in [0.15, 0.2) is 11.5 Å². The van der Waals surface area contributed by atoms with E-state index in [1.54, 1.807) is 0 Å². The Kier molecular flexibility index (Phi) is 0.857. The minimum Gasteiger partial charge on any atom is -0.505 e. The van der Waals surface area contributed by atoms with Crippen molar-refractivity contribution in [3.05, 3.63) is 11.5 Å². The summed E-state index contributed by atoms with van der Waals surface area (Å²) in [6, 6.07) is 0. The van der Waals surface area contributed by atoms with Crippen LogP contribution < -0.4 is 0 Å². The normalized spacial score (nSPS) is 50.8. The first-order chi connectivity index (χ1) is 6.10. The Bertz CT molecular complexity index is 360. The summed E-state index contributed by atoms with van der Waals surface area (Å²) in [5.41, 5.74) is -1.56. The van der Waals surface area contributed by atoms with Crippen LogP contribution in [0.3, 0.4) is 0 Å². The molecule has 1 aliphatic heterocycles. The molecule has 3 unspecified atom stereocenters. The maximum absolute atomic E-state index is 10.9. The average Bonchev–Trinajstić information content (AvgIpc) is 2.95. The highest BCUT2D eigenvalue weighted by Gasteiger charge is 2.95. The molecular weight excluding hydrogens is 176 g/mol. The summed E-state index contributed by atoms with van der Waals surface area (Å²) in [6.07, 6.45) is 0.744. The fourth-order valence-electron chi connectivity index (χ4n) is 2.50. The van der Waals surface area contributed by atoms with Gasteiger partial charge in [-0.15, -0.1) is 0 Å². The summed E-state index contributed by atoms with van der Waals surface area (Å²) in [5, 5.41) is 27.5. The molecular formula is C8H8O5. The highest BCUT2D eigenvalue weighted by Crippen LogP contribution is 2.86. The van der Waals surface area contributed by atoms with Gasteiger partial charge in [-0.1, -0.05) is 0 Å². The van der Waals surface area contributed by atoms with Gasteiger partial charge < -0.3 is 20.1 Å². The van der Waals surface area contributed by atoms with Crippen molar-refractivity contribution in [2.24, 2.45) is 11.3 Å². The molecule has 0 amide bonds. The molecule has 5 heteroatoms. The van der Waals surface area contributed by atoms with Crippen LogP contribution in [0.1, 0.15) is 6.42 Å². The molecule has 3 N–H and O–H groups in total. The van der Waals surface area contributed by atoms with Crippen LogP contribution in [0, 0.1) is 11.3 Å². The first-order valence-corrected chi connectivity index (χ1v) is 4.07. The van der Waals surface area contributed by atoms with E-state index >= 15 is 0 Å². The van der Waals surface area contributed by atoms with Gasteiger partial charge in [0.05, 0.1) is 6.61 Å². The van der Waals surface area contributed by atoms with Crippen LogP contribution in [0.25, 0.3) is 0 Å². The fourth-order valence-corrected chi connectivity index (χ4v) is 2.50. The lowest BCUT2D eigenvalue weighted by Crippen LogP contribution is -2.29. The van der Waals surface area contributed by atoms with Gasteiger partial charge in [0, 0.05) is 11.3 Å². The molecule has 0 aromatic heterocycles. The van der Waals surface area contributed by atoms with E-state index in [0.717, 1.165) is 6.42 Å². The zero-order valence-corrected chi connectivity index (χ0v) is 6.65. The van der Waals surface area contributed by atoms with Crippen LogP contribution in [0.2, 0.25) is 0 Å². The minimum atomic E-state index is -1.07. The fraction of sp³-hybridized carbons (Fsp3) is 0.625. The first kappa shape index (κ1) is 7.20. The molecule has 13 heavy (non-hydrogen) atoms. The smallest absolute Gasteiger partial charge is 0.378 e. The third-order valence-electron chi connectivity index (χ3n) is 3.53. The molecule has 1 heterocycles. The molecule has 3 aliphatic rings. The number of esters is 1. The second kappa shape index (κ2) is 1.55. The molecule has 3 atom stereocenters. The Balaban J connectivity index is 2.04. The molecule has 2 fully saturated rings. The number of hydrogen-bond acceptors (Lipinski definition) is 5. The molecule has 0 radical (unpaired) electrons. The summed E-state index contributed by atoms with van der Waals surface area (Å²) >= 11 is 0. The predicted octanol–water partition coefficient (Wildman–Crippen LogP) is -0.378. The number of aliphatic hydroxyl groups excluding tert-OH is 3. The Morgan fingerprint density at radius 2 is 2.23 bits per heavy atom. The molecule has 0 aromatic carbocycles. The van der Waals surface area contributed by atoms with Crippen molar-refractivity contribution in [1.82, 2.24) is 0 Å². The summed E-state index contributed by atoms with van der Waals surface area (Å²) in [7, 11) is 0. The molecule has 1 spiro atoms. The Hall–Kier alpha value is -1.23. The van der Waals surface area contributed by atoms with Gasteiger partial charge in [-0.25, -0.2) is 4.79 Å². The highest BCUT2D eigenvalue weighted by atomic mass is 16.6. The summed E-state index contributed by atoms with van der Waals surface area (Å²) in [5.74, 6) is -2.00. The van der Waals surface area contributed by atoms with E-state index in [2.05, 4.69) is 0 Å². The van der Waals surface area contributed by atoms with Crippen molar-refractivity contribution in [3.8, 4) is 0 Å². The van der Waals surface area contributed by atoms with E-state index in [0.29, 0.717) is 0 Å². The van der Waals surface area contributed by atoms with E-state index in [4.69, 9.17) is 14.9 Å². The Labute approximate surface area is 73.2 Å². The molecule has 3 rings (SSSR count). The number of aliphatic hydroxyl groups is 3. The van der Waals surface area contributed by atoms with Crippen LogP contribution in [-0.4, -0.2) is 33.5 Å². The van der Waals surface area contributed by atoms with Gasteiger partial charge in [0.2, 0.25) is 5.76 Å². The monoisotopic (exact) mass is 184 g/mol. The Morgan fingerprint density at radius 3 is 2.54 bits per heavy atom. The van der Waals surface area contributed by atoms with Gasteiger partial charge in [-0.05, 0) is 6.42 Å². The van der Waals surface area contributed by atoms with E-state index in [9.17, 15) is 9.90 Å². The van der Waals surface area contributed by atoms with Crippen LogP contribution in [0.4, 0.5) is 0 Å². The van der Waals surface area contributed by atoms with Gasteiger partial charge in [-0.2, -0.15) is 0 Å². The van der Waals surface area contributed by atoms with Crippen molar-refractivity contribution < 1.29 is 24.9 Å². The maximum atomic E-state index is 10.9. The number of carbonyl (C=O) groups is 1. The second-order valence-electron chi connectivity index (χ2n) is 3.89. The quantitative estimate of drug-likeness (QED) is 0.483. The lowest BCUT2D eigenvalue weighted by molar-refractivity contribution is -0.148. The molecule has 2 aliphatic carbocycles. The van der Waals surface area contributed by atoms with Gasteiger partial charge in [-0.3, -0.25) is 0 Å². The molecule has 2 saturated carbocycles. The number of ether oxygens (including phenoxy) is 1. The third-order valence-corrected chi connectivity index (χ3v) is 3.53.